The van der Waals surface area contributed by atoms with E-state index in [1.54, 1.807) is 11.3 Å². The lowest BCUT2D eigenvalue weighted by Gasteiger charge is -2.10. The highest BCUT2D eigenvalue weighted by molar-refractivity contribution is 7.08. The number of anilines is 1. The van der Waals surface area contributed by atoms with Gasteiger partial charge in [0.25, 0.3) is 5.69 Å². The van der Waals surface area contributed by atoms with Crippen molar-refractivity contribution in [3.63, 3.8) is 0 Å². The molecule has 2 rings (SSSR count). The zero-order valence-corrected chi connectivity index (χ0v) is 12.3. The Bertz CT molecular complexity index is 605. The van der Waals surface area contributed by atoms with Gasteiger partial charge in [0.1, 0.15) is 0 Å². The van der Waals surface area contributed by atoms with Gasteiger partial charge in [0.15, 0.2) is 0 Å². The minimum absolute atomic E-state index is 0.118. The van der Waals surface area contributed by atoms with E-state index in [1.807, 2.05) is 12.3 Å². The summed E-state index contributed by atoms with van der Waals surface area (Å²) in [4.78, 5) is 10.2. The first-order valence-corrected chi connectivity index (χ1v) is 7.08. The molecule has 19 heavy (non-hydrogen) atoms. The largest absolute Gasteiger partial charge is 0.379 e. The maximum atomic E-state index is 10.7. The Balaban J connectivity index is 2.21. The van der Waals surface area contributed by atoms with Crippen molar-refractivity contribution in [3.8, 4) is 0 Å². The molecule has 0 atom stereocenters. The Hall–Kier alpha value is -1.30. The number of nitro benzene ring substituents is 1. The number of non-ortho nitro benzene ring substituents is 1. The summed E-state index contributed by atoms with van der Waals surface area (Å²) in [5.74, 6) is 0. The fourth-order valence-electron chi connectivity index (χ4n) is 1.59. The molecule has 4 nitrogen and oxygen atoms in total. The number of hydrogen-bond acceptors (Lipinski definition) is 4. The third-order valence-electron chi connectivity index (χ3n) is 2.65. The van der Waals surface area contributed by atoms with Crippen LogP contribution >= 0.6 is 34.5 Å². The summed E-state index contributed by atoms with van der Waals surface area (Å²) in [5, 5.41) is 18.4. The van der Waals surface area contributed by atoms with Crippen LogP contribution in [0.15, 0.2) is 22.9 Å². The number of benzene rings is 1. The SMILES string of the molecule is Cc1cscc1CNc1c(Cl)cc([N+](=O)[O-])cc1Cl. The van der Waals surface area contributed by atoms with Gasteiger partial charge in [-0.05, 0) is 28.8 Å². The molecule has 1 aromatic carbocycles. The first kappa shape index (κ1) is 14.1. The van der Waals surface area contributed by atoms with Gasteiger partial charge >= 0.3 is 0 Å². The molecule has 7 heteroatoms. The van der Waals surface area contributed by atoms with Crippen molar-refractivity contribution in [2.75, 3.05) is 5.32 Å². The molecule has 1 N–H and O–H groups in total. The third-order valence-corrected chi connectivity index (χ3v) is 4.16. The van der Waals surface area contributed by atoms with Crippen LogP contribution in [0.2, 0.25) is 10.0 Å². The van der Waals surface area contributed by atoms with Gasteiger partial charge in [-0.1, -0.05) is 23.2 Å². The van der Waals surface area contributed by atoms with Crippen LogP contribution in [0.3, 0.4) is 0 Å². The number of hydrogen-bond donors (Lipinski definition) is 1. The first-order chi connectivity index (χ1) is 8.99. The maximum Gasteiger partial charge on any atom is 0.272 e. The van der Waals surface area contributed by atoms with Gasteiger partial charge in [0, 0.05) is 18.7 Å². The van der Waals surface area contributed by atoms with Crippen LogP contribution in [0.1, 0.15) is 11.1 Å². The summed E-state index contributed by atoms with van der Waals surface area (Å²) >= 11 is 13.6. The maximum absolute atomic E-state index is 10.7. The zero-order valence-electron chi connectivity index (χ0n) is 9.94. The Morgan fingerprint density at radius 3 is 2.42 bits per heavy atom. The monoisotopic (exact) mass is 316 g/mol. The summed E-state index contributed by atoms with van der Waals surface area (Å²) < 4.78 is 0. The summed E-state index contributed by atoms with van der Waals surface area (Å²) in [5.41, 5.74) is 2.73. The molecule has 0 bridgehead atoms. The number of thiophene rings is 1. The predicted molar refractivity (Wildman–Crippen MR) is 79.5 cm³/mol. The molecule has 0 aliphatic rings. The quantitative estimate of drug-likeness (QED) is 0.645. The van der Waals surface area contributed by atoms with Crippen LogP contribution in [0.25, 0.3) is 0 Å². The van der Waals surface area contributed by atoms with Crippen LogP contribution in [-0.4, -0.2) is 4.92 Å². The molecule has 0 saturated heterocycles. The molecule has 0 saturated carbocycles. The van der Waals surface area contributed by atoms with E-state index in [1.165, 1.54) is 17.7 Å². The second kappa shape index (κ2) is 5.77. The third kappa shape index (κ3) is 3.18. The van der Waals surface area contributed by atoms with Gasteiger partial charge in [0.05, 0.1) is 20.7 Å². The Labute approximate surface area is 124 Å². The average molecular weight is 317 g/mol. The van der Waals surface area contributed by atoms with Crippen LogP contribution < -0.4 is 5.32 Å². The molecule has 100 valence electrons. The van der Waals surface area contributed by atoms with E-state index >= 15 is 0 Å². The highest BCUT2D eigenvalue weighted by Crippen LogP contribution is 2.35. The molecule has 0 amide bonds. The minimum Gasteiger partial charge on any atom is -0.379 e. The number of nitrogens with one attached hydrogen (secondary N) is 1. The van der Waals surface area contributed by atoms with Gasteiger partial charge in [-0.15, -0.1) is 0 Å². The molecule has 0 aliphatic carbocycles. The van der Waals surface area contributed by atoms with E-state index in [4.69, 9.17) is 23.2 Å². The lowest BCUT2D eigenvalue weighted by Crippen LogP contribution is -2.01. The van der Waals surface area contributed by atoms with Gasteiger partial charge in [0.2, 0.25) is 0 Å². The van der Waals surface area contributed by atoms with Crippen molar-refractivity contribution >= 4 is 45.9 Å². The Morgan fingerprint density at radius 1 is 1.32 bits per heavy atom. The van der Waals surface area contributed by atoms with Crippen molar-refractivity contribution in [1.29, 1.82) is 0 Å². The summed E-state index contributed by atoms with van der Waals surface area (Å²) in [6.45, 7) is 2.60. The molecular weight excluding hydrogens is 307 g/mol. The summed E-state index contributed by atoms with van der Waals surface area (Å²) in [6, 6.07) is 2.58. The van der Waals surface area contributed by atoms with Crippen LogP contribution in [0.5, 0.6) is 0 Å². The molecule has 2 aromatic rings. The van der Waals surface area contributed by atoms with Crippen molar-refractivity contribution in [2.45, 2.75) is 13.5 Å². The molecule has 1 heterocycles. The van der Waals surface area contributed by atoms with Crippen molar-refractivity contribution < 1.29 is 4.92 Å². The van der Waals surface area contributed by atoms with Crippen LogP contribution in [0, 0.1) is 17.0 Å². The molecule has 0 radical (unpaired) electrons. The highest BCUT2D eigenvalue weighted by Gasteiger charge is 2.14. The molecular formula is C12H10Cl2N2O2S. The Morgan fingerprint density at radius 2 is 1.95 bits per heavy atom. The standard InChI is InChI=1S/C12H10Cl2N2O2S/c1-7-5-19-6-8(7)4-15-12-10(13)2-9(16(17)18)3-11(12)14/h2-3,5-6,15H,4H2,1H3. The second-order valence-electron chi connectivity index (χ2n) is 3.98. The number of nitrogens with zero attached hydrogens (tertiary/aromatic N) is 1. The lowest BCUT2D eigenvalue weighted by atomic mass is 10.2. The fourth-order valence-corrected chi connectivity index (χ4v) is 3.05. The van der Waals surface area contributed by atoms with E-state index in [2.05, 4.69) is 10.7 Å². The normalized spacial score (nSPS) is 10.5. The van der Waals surface area contributed by atoms with Crippen molar-refractivity contribution in [1.82, 2.24) is 0 Å². The topological polar surface area (TPSA) is 55.2 Å². The number of nitro groups is 1. The number of rotatable bonds is 4. The Kier molecular flexibility index (Phi) is 4.29. The molecule has 0 spiro atoms. The molecule has 0 aliphatic heterocycles. The summed E-state index contributed by atoms with van der Waals surface area (Å²) in [6.07, 6.45) is 0. The second-order valence-corrected chi connectivity index (χ2v) is 5.53. The van der Waals surface area contributed by atoms with E-state index < -0.39 is 4.92 Å². The highest BCUT2D eigenvalue weighted by atomic mass is 35.5. The van der Waals surface area contributed by atoms with Gasteiger partial charge in [-0.3, -0.25) is 10.1 Å². The smallest absolute Gasteiger partial charge is 0.272 e. The fraction of sp³-hybridized carbons (Fsp3) is 0.167. The van der Waals surface area contributed by atoms with Gasteiger partial charge in [-0.2, -0.15) is 11.3 Å². The van der Waals surface area contributed by atoms with Crippen LogP contribution in [0.4, 0.5) is 11.4 Å². The van der Waals surface area contributed by atoms with Gasteiger partial charge in [-0.25, -0.2) is 0 Å². The molecule has 1 aromatic heterocycles. The first-order valence-electron chi connectivity index (χ1n) is 5.38. The van der Waals surface area contributed by atoms with Crippen molar-refractivity contribution in [2.24, 2.45) is 0 Å². The van der Waals surface area contributed by atoms with E-state index in [0.717, 1.165) is 5.56 Å². The average Bonchev–Trinajstić information content (AvgIpc) is 2.73. The van der Waals surface area contributed by atoms with E-state index in [-0.39, 0.29) is 15.7 Å². The zero-order chi connectivity index (χ0) is 14.0. The summed E-state index contributed by atoms with van der Waals surface area (Å²) in [7, 11) is 0. The molecule has 0 unspecified atom stereocenters. The number of aryl methyl sites for hydroxylation is 1. The number of halogens is 2. The van der Waals surface area contributed by atoms with Crippen LogP contribution in [-0.2, 0) is 6.54 Å². The molecule has 0 fully saturated rings. The van der Waals surface area contributed by atoms with E-state index in [0.29, 0.717) is 12.2 Å². The lowest BCUT2D eigenvalue weighted by molar-refractivity contribution is -0.384. The van der Waals surface area contributed by atoms with Gasteiger partial charge < -0.3 is 5.32 Å². The van der Waals surface area contributed by atoms with E-state index in [9.17, 15) is 10.1 Å². The minimum atomic E-state index is -0.523. The van der Waals surface area contributed by atoms with Crippen molar-refractivity contribution in [3.05, 3.63) is 54.2 Å². The predicted octanol–water partition coefficient (Wildman–Crippen LogP) is 4.88.